The number of aromatic nitrogens is 3. The van der Waals surface area contributed by atoms with Crippen LogP contribution in [0.3, 0.4) is 0 Å². The number of ether oxygens (including phenoxy) is 2. The van der Waals surface area contributed by atoms with E-state index in [0.717, 1.165) is 35.7 Å². The molecule has 0 radical (unpaired) electrons. The largest absolute Gasteiger partial charge is 0.497 e. The van der Waals surface area contributed by atoms with Crippen LogP contribution in [-0.4, -0.2) is 27.9 Å². The minimum absolute atomic E-state index is 0.121. The third kappa shape index (κ3) is 3.95. The van der Waals surface area contributed by atoms with Crippen molar-refractivity contribution in [3.63, 3.8) is 0 Å². The number of aryl methyl sites for hydroxylation is 1. The summed E-state index contributed by atoms with van der Waals surface area (Å²) in [7, 11) is 3.48. The van der Waals surface area contributed by atoms with Gasteiger partial charge < -0.3 is 15.2 Å². The second-order valence-corrected chi connectivity index (χ2v) is 4.93. The predicted octanol–water partition coefficient (Wildman–Crippen LogP) is 1.68. The van der Waals surface area contributed by atoms with Gasteiger partial charge in [0.05, 0.1) is 7.11 Å². The van der Waals surface area contributed by atoms with Gasteiger partial charge in [0.1, 0.15) is 24.4 Å². The van der Waals surface area contributed by atoms with E-state index in [4.69, 9.17) is 15.2 Å². The van der Waals surface area contributed by atoms with Crippen molar-refractivity contribution < 1.29 is 9.47 Å². The molecule has 0 saturated carbocycles. The Labute approximate surface area is 124 Å². The standard InChI is InChI=1S/C15H22N4O2/c1-4-12(16)7-11-5-6-13(20-3)8-14(11)21-9-15-17-10-18-19(15)2/h5-6,8,10,12H,4,7,9,16H2,1-3H3. The lowest BCUT2D eigenvalue weighted by Gasteiger charge is -2.15. The van der Waals surface area contributed by atoms with E-state index in [0.29, 0.717) is 6.61 Å². The molecule has 2 aromatic rings. The first-order valence-electron chi connectivity index (χ1n) is 7.02. The van der Waals surface area contributed by atoms with Gasteiger partial charge in [0, 0.05) is 19.2 Å². The van der Waals surface area contributed by atoms with E-state index in [1.807, 2.05) is 25.2 Å². The van der Waals surface area contributed by atoms with Crippen molar-refractivity contribution >= 4 is 0 Å². The second kappa shape index (κ2) is 7.08. The van der Waals surface area contributed by atoms with Gasteiger partial charge in [0.25, 0.3) is 0 Å². The van der Waals surface area contributed by atoms with Crippen LogP contribution in [-0.2, 0) is 20.1 Å². The van der Waals surface area contributed by atoms with E-state index < -0.39 is 0 Å². The Balaban J connectivity index is 2.16. The zero-order chi connectivity index (χ0) is 15.2. The number of nitrogens with zero attached hydrogens (tertiary/aromatic N) is 3. The van der Waals surface area contributed by atoms with Crippen LogP contribution in [0.2, 0.25) is 0 Å². The third-order valence-corrected chi connectivity index (χ3v) is 3.44. The lowest BCUT2D eigenvalue weighted by molar-refractivity contribution is 0.284. The molecule has 0 fully saturated rings. The smallest absolute Gasteiger partial charge is 0.164 e. The number of hydrogen-bond donors (Lipinski definition) is 1. The van der Waals surface area contributed by atoms with Crippen LogP contribution in [0, 0.1) is 0 Å². The van der Waals surface area contributed by atoms with Crippen LogP contribution in [0.4, 0.5) is 0 Å². The van der Waals surface area contributed by atoms with E-state index in [2.05, 4.69) is 17.0 Å². The van der Waals surface area contributed by atoms with Crippen LogP contribution >= 0.6 is 0 Å². The van der Waals surface area contributed by atoms with Crippen LogP contribution in [0.15, 0.2) is 24.5 Å². The summed E-state index contributed by atoms with van der Waals surface area (Å²) in [5.74, 6) is 2.31. The highest BCUT2D eigenvalue weighted by Crippen LogP contribution is 2.26. The zero-order valence-corrected chi connectivity index (χ0v) is 12.7. The van der Waals surface area contributed by atoms with Gasteiger partial charge >= 0.3 is 0 Å². The molecule has 1 aromatic carbocycles. The summed E-state index contributed by atoms with van der Waals surface area (Å²) in [6.07, 6.45) is 3.21. The van der Waals surface area contributed by atoms with Gasteiger partial charge in [0.2, 0.25) is 0 Å². The Morgan fingerprint density at radius 3 is 2.81 bits per heavy atom. The fraction of sp³-hybridized carbons (Fsp3) is 0.467. The van der Waals surface area contributed by atoms with Crippen molar-refractivity contribution in [2.45, 2.75) is 32.4 Å². The SMILES string of the molecule is CCC(N)Cc1ccc(OC)cc1OCc1ncnn1C. The molecule has 0 saturated heterocycles. The minimum Gasteiger partial charge on any atom is -0.497 e. The second-order valence-electron chi connectivity index (χ2n) is 4.93. The molecular weight excluding hydrogens is 268 g/mol. The Kier molecular flexibility index (Phi) is 5.16. The first-order chi connectivity index (χ1) is 10.1. The van der Waals surface area contributed by atoms with Gasteiger partial charge in [0.15, 0.2) is 5.82 Å². The quantitative estimate of drug-likeness (QED) is 0.839. The highest BCUT2D eigenvalue weighted by Gasteiger charge is 2.11. The monoisotopic (exact) mass is 290 g/mol. The number of hydrogen-bond acceptors (Lipinski definition) is 5. The molecule has 0 spiro atoms. The van der Waals surface area contributed by atoms with Crippen LogP contribution < -0.4 is 15.2 Å². The molecule has 0 bridgehead atoms. The van der Waals surface area contributed by atoms with Crippen molar-refractivity contribution in [3.8, 4) is 11.5 Å². The maximum Gasteiger partial charge on any atom is 0.164 e. The molecule has 1 unspecified atom stereocenters. The van der Waals surface area contributed by atoms with Gasteiger partial charge in [-0.25, -0.2) is 4.98 Å². The number of rotatable bonds is 7. The summed E-state index contributed by atoms with van der Waals surface area (Å²) >= 11 is 0. The summed E-state index contributed by atoms with van der Waals surface area (Å²) in [5.41, 5.74) is 7.12. The van der Waals surface area contributed by atoms with Gasteiger partial charge in [-0.15, -0.1) is 0 Å². The van der Waals surface area contributed by atoms with E-state index in [-0.39, 0.29) is 6.04 Å². The fourth-order valence-electron chi connectivity index (χ4n) is 1.98. The van der Waals surface area contributed by atoms with E-state index >= 15 is 0 Å². The average Bonchev–Trinajstić information content (AvgIpc) is 2.91. The summed E-state index contributed by atoms with van der Waals surface area (Å²) < 4.78 is 12.8. The highest BCUT2D eigenvalue weighted by molar-refractivity contribution is 5.41. The molecule has 2 rings (SSSR count). The molecule has 21 heavy (non-hydrogen) atoms. The Bertz CT molecular complexity index is 583. The lowest BCUT2D eigenvalue weighted by atomic mass is 10.0. The first-order valence-corrected chi connectivity index (χ1v) is 7.02. The maximum absolute atomic E-state index is 6.05. The van der Waals surface area contributed by atoms with Gasteiger partial charge in [-0.05, 0) is 24.5 Å². The predicted molar refractivity (Wildman–Crippen MR) is 80.3 cm³/mol. The molecule has 0 aliphatic carbocycles. The first kappa shape index (κ1) is 15.3. The molecule has 0 aliphatic rings. The summed E-state index contributed by atoms with van der Waals surface area (Å²) in [6.45, 7) is 2.44. The number of methoxy groups -OCH3 is 1. The van der Waals surface area contributed by atoms with Crippen molar-refractivity contribution in [2.75, 3.05) is 7.11 Å². The Hall–Kier alpha value is -2.08. The Morgan fingerprint density at radius 1 is 1.38 bits per heavy atom. The summed E-state index contributed by atoms with van der Waals surface area (Å²) in [6, 6.07) is 5.93. The highest BCUT2D eigenvalue weighted by atomic mass is 16.5. The van der Waals surface area contributed by atoms with E-state index in [1.54, 1.807) is 11.8 Å². The van der Waals surface area contributed by atoms with Crippen molar-refractivity contribution in [3.05, 3.63) is 35.9 Å². The van der Waals surface area contributed by atoms with Crippen molar-refractivity contribution in [2.24, 2.45) is 12.8 Å². The average molecular weight is 290 g/mol. The zero-order valence-electron chi connectivity index (χ0n) is 12.7. The molecule has 2 N–H and O–H groups in total. The summed E-state index contributed by atoms with van der Waals surface area (Å²) in [4.78, 5) is 4.15. The fourth-order valence-corrected chi connectivity index (χ4v) is 1.98. The minimum atomic E-state index is 0.121. The van der Waals surface area contributed by atoms with Gasteiger partial charge in [-0.1, -0.05) is 13.0 Å². The molecule has 6 nitrogen and oxygen atoms in total. The molecule has 114 valence electrons. The van der Waals surface area contributed by atoms with Gasteiger partial charge in [-0.2, -0.15) is 5.10 Å². The molecule has 1 atom stereocenters. The molecule has 1 aromatic heterocycles. The molecule has 6 heteroatoms. The van der Waals surface area contributed by atoms with Gasteiger partial charge in [-0.3, -0.25) is 4.68 Å². The lowest BCUT2D eigenvalue weighted by Crippen LogP contribution is -2.21. The van der Waals surface area contributed by atoms with Crippen LogP contribution in [0.1, 0.15) is 24.7 Å². The molecule has 1 heterocycles. The normalized spacial score (nSPS) is 12.2. The van der Waals surface area contributed by atoms with Crippen LogP contribution in [0.25, 0.3) is 0 Å². The molecule has 0 amide bonds. The van der Waals surface area contributed by atoms with Crippen molar-refractivity contribution in [1.29, 1.82) is 0 Å². The van der Waals surface area contributed by atoms with E-state index in [9.17, 15) is 0 Å². The van der Waals surface area contributed by atoms with E-state index in [1.165, 1.54) is 6.33 Å². The molecule has 0 aliphatic heterocycles. The third-order valence-electron chi connectivity index (χ3n) is 3.44. The topological polar surface area (TPSA) is 75.2 Å². The molecular formula is C15H22N4O2. The van der Waals surface area contributed by atoms with Crippen LogP contribution in [0.5, 0.6) is 11.5 Å². The summed E-state index contributed by atoms with van der Waals surface area (Å²) in [5, 5.41) is 4.03. The number of benzene rings is 1. The maximum atomic E-state index is 6.05. The Morgan fingerprint density at radius 2 is 2.19 bits per heavy atom. The van der Waals surface area contributed by atoms with Crippen molar-refractivity contribution in [1.82, 2.24) is 14.8 Å². The number of nitrogens with two attached hydrogens (primary N) is 1.